The Labute approximate surface area is 135 Å². The normalized spacial score (nSPS) is 18.5. The van der Waals surface area contributed by atoms with Crippen molar-refractivity contribution in [1.29, 1.82) is 0 Å². The summed E-state index contributed by atoms with van der Waals surface area (Å²) in [5, 5.41) is 4.61. The minimum absolute atomic E-state index is 0.0681. The van der Waals surface area contributed by atoms with E-state index in [0.29, 0.717) is 6.04 Å². The Morgan fingerprint density at radius 1 is 1.38 bits per heavy atom. The van der Waals surface area contributed by atoms with Crippen LogP contribution in [0.3, 0.4) is 0 Å². The predicted octanol–water partition coefficient (Wildman–Crippen LogP) is 4.09. The summed E-state index contributed by atoms with van der Waals surface area (Å²) in [6.07, 6.45) is 4.46. The number of thioether (sulfide) groups is 1. The molecular weight excluding hydrogens is 304 g/mol. The number of alkyl halides is 1. The van der Waals surface area contributed by atoms with E-state index in [4.69, 9.17) is 16.6 Å². The number of imidazole rings is 1. The highest BCUT2D eigenvalue weighted by molar-refractivity contribution is 7.99. The second kappa shape index (κ2) is 6.21. The highest BCUT2D eigenvalue weighted by Crippen LogP contribution is 2.35. The minimum Gasteiger partial charge on any atom is -0.308 e. The van der Waals surface area contributed by atoms with Crippen molar-refractivity contribution in [3.63, 3.8) is 0 Å². The van der Waals surface area contributed by atoms with Crippen LogP contribution in [0.1, 0.15) is 56.0 Å². The average Bonchev–Trinajstić information content (AvgIpc) is 3.00. The first-order chi connectivity index (χ1) is 10.1. The lowest BCUT2D eigenvalue weighted by Crippen LogP contribution is -2.19. The molecule has 0 radical (unpaired) electrons. The maximum Gasteiger partial charge on any atom is 0.158 e. The zero-order valence-electron chi connectivity index (χ0n) is 13.0. The standard InChI is InChI=1S/C15H23ClN4S/c1-4-5-12-13-15(19(3)18-12)20(14(17-13)10(2)16)11-6-8-21-9-7-11/h10-11H,4-9H2,1-3H3. The Morgan fingerprint density at radius 3 is 2.71 bits per heavy atom. The second-order valence-electron chi connectivity index (χ2n) is 5.79. The molecule has 1 unspecified atom stereocenters. The van der Waals surface area contributed by atoms with Gasteiger partial charge in [-0.1, -0.05) is 13.3 Å². The fourth-order valence-corrected chi connectivity index (χ4v) is 4.44. The van der Waals surface area contributed by atoms with Gasteiger partial charge in [0.05, 0.1) is 11.1 Å². The molecule has 21 heavy (non-hydrogen) atoms. The van der Waals surface area contributed by atoms with Crippen molar-refractivity contribution in [2.24, 2.45) is 7.05 Å². The maximum atomic E-state index is 6.42. The van der Waals surface area contributed by atoms with Gasteiger partial charge in [-0.15, -0.1) is 11.6 Å². The molecule has 0 spiro atoms. The van der Waals surface area contributed by atoms with Crippen LogP contribution in [0.5, 0.6) is 0 Å². The number of fused-ring (bicyclic) bond motifs is 1. The van der Waals surface area contributed by atoms with Crippen molar-refractivity contribution >= 4 is 34.5 Å². The Bertz CT molecular complexity index is 625. The predicted molar refractivity (Wildman–Crippen MR) is 90.4 cm³/mol. The third-order valence-corrected chi connectivity index (χ3v) is 5.41. The lowest BCUT2D eigenvalue weighted by Gasteiger charge is -2.25. The van der Waals surface area contributed by atoms with Gasteiger partial charge in [0.15, 0.2) is 5.65 Å². The molecule has 0 N–H and O–H groups in total. The fraction of sp³-hybridized carbons (Fsp3) is 0.733. The number of halogens is 1. The molecule has 3 heterocycles. The van der Waals surface area contributed by atoms with Gasteiger partial charge in [-0.25, -0.2) is 4.98 Å². The van der Waals surface area contributed by atoms with E-state index in [9.17, 15) is 0 Å². The Kier molecular flexibility index (Phi) is 4.50. The molecule has 0 saturated carbocycles. The molecule has 0 amide bonds. The van der Waals surface area contributed by atoms with Crippen LogP contribution in [0.2, 0.25) is 0 Å². The zero-order valence-corrected chi connectivity index (χ0v) is 14.5. The van der Waals surface area contributed by atoms with E-state index < -0.39 is 0 Å². The summed E-state index contributed by atoms with van der Waals surface area (Å²) in [5.41, 5.74) is 3.32. The molecule has 3 rings (SSSR count). The van der Waals surface area contributed by atoms with E-state index in [2.05, 4.69) is 16.6 Å². The van der Waals surface area contributed by atoms with Crippen molar-refractivity contribution in [2.45, 2.75) is 50.9 Å². The van der Waals surface area contributed by atoms with Gasteiger partial charge < -0.3 is 4.57 Å². The summed E-state index contributed by atoms with van der Waals surface area (Å²) in [7, 11) is 2.03. The third-order valence-electron chi connectivity index (χ3n) is 4.16. The number of aryl methyl sites for hydroxylation is 2. The third kappa shape index (κ3) is 2.70. The van der Waals surface area contributed by atoms with E-state index in [1.165, 1.54) is 24.3 Å². The lowest BCUT2D eigenvalue weighted by molar-refractivity contribution is 0.456. The van der Waals surface area contributed by atoms with Crippen molar-refractivity contribution in [3.8, 4) is 0 Å². The molecule has 4 nitrogen and oxygen atoms in total. The van der Waals surface area contributed by atoms with E-state index in [1.54, 1.807) is 0 Å². The number of hydrogen-bond acceptors (Lipinski definition) is 3. The molecule has 0 aromatic carbocycles. The van der Waals surface area contributed by atoms with E-state index in [0.717, 1.165) is 35.5 Å². The number of hydrogen-bond donors (Lipinski definition) is 0. The Morgan fingerprint density at radius 2 is 2.10 bits per heavy atom. The van der Waals surface area contributed by atoms with Crippen LogP contribution < -0.4 is 0 Å². The van der Waals surface area contributed by atoms with Gasteiger partial charge in [-0.3, -0.25) is 4.68 Å². The lowest BCUT2D eigenvalue weighted by atomic mass is 10.1. The maximum absolute atomic E-state index is 6.42. The summed E-state index contributed by atoms with van der Waals surface area (Å²) >= 11 is 8.46. The Hall–Kier alpha value is -0.680. The number of aromatic nitrogens is 4. The van der Waals surface area contributed by atoms with E-state index in [-0.39, 0.29) is 5.38 Å². The molecule has 6 heteroatoms. The zero-order chi connectivity index (χ0) is 15.0. The highest BCUT2D eigenvalue weighted by Gasteiger charge is 2.27. The van der Waals surface area contributed by atoms with Gasteiger partial charge in [0, 0.05) is 13.1 Å². The summed E-state index contributed by atoms with van der Waals surface area (Å²) in [5.74, 6) is 3.45. The van der Waals surface area contributed by atoms with E-state index in [1.807, 2.05) is 30.4 Å². The number of rotatable bonds is 4. The number of nitrogens with zero attached hydrogens (tertiary/aromatic N) is 4. The molecule has 0 bridgehead atoms. The van der Waals surface area contributed by atoms with Crippen LogP contribution >= 0.6 is 23.4 Å². The summed E-state index contributed by atoms with van der Waals surface area (Å²) < 4.78 is 4.37. The van der Waals surface area contributed by atoms with Crippen LogP contribution in [0.4, 0.5) is 0 Å². The Balaban J connectivity index is 2.16. The molecule has 0 aliphatic carbocycles. The van der Waals surface area contributed by atoms with Gasteiger partial charge >= 0.3 is 0 Å². The highest BCUT2D eigenvalue weighted by atomic mass is 35.5. The summed E-state index contributed by atoms with van der Waals surface area (Å²) in [6, 6.07) is 0.511. The van der Waals surface area contributed by atoms with Crippen molar-refractivity contribution in [2.75, 3.05) is 11.5 Å². The molecule has 1 fully saturated rings. The topological polar surface area (TPSA) is 35.6 Å². The largest absolute Gasteiger partial charge is 0.308 e. The molecule has 1 aliphatic rings. The van der Waals surface area contributed by atoms with Crippen LogP contribution in [-0.4, -0.2) is 30.8 Å². The van der Waals surface area contributed by atoms with Gasteiger partial charge in [-0.05, 0) is 37.7 Å². The molecule has 1 saturated heterocycles. The summed E-state index contributed by atoms with van der Waals surface area (Å²) in [4.78, 5) is 4.87. The van der Waals surface area contributed by atoms with Crippen molar-refractivity contribution < 1.29 is 0 Å². The van der Waals surface area contributed by atoms with Gasteiger partial charge in [-0.2, -0.15) is 16.9 Å². The molecular formula is C15H23ClN4S. The molecule has 1 aliphatic heterocycles. The van der Waals surface area contributed by atoms with Crippen LogP contribution in [0.25, 0.3) is 11.2 Å². The van der Waals surface area contributed by atoms with Crippen molar-refractivity contribution in [3.05, 3.63) is 11.5 Å². The smallest absolute Gasteiger partial charge is 0.158 e. The van der Waals surface area contributed by atoms with Gasteiger partial charge in [0.2, 0.25) is 0 Å². The summed E-state index contributed by atoms with van der Waals surface area (Å²) in [6.45, 7) is 4.20. The van der Waals surface area contributed by atoms with Crippen molar-refractivity contribution in [1.82, 2.24) is 19.3 Å². The van der Waals surface area contributed by atoms with Crippen LogP contribution in [-0.2, 0) is 13.5 Å². The first kappa shape index (κ1) is 15.2. The van der Waals surface area contributed by atoms with Crippen LogP contribution in [0.15, 0.2) is 0 Å². The average molecular weight is 327 g/mol. The molecule has 116 valence electrons. The van der Waals surface area contributed by atoms with Crippen LogP contribution in [0, 0.1) is 0 Å². The monoisotopic (exact) mass is 326 g/mol. The quantitative estimate of drug-likeness (QED) is 0.794. The van der Waals surface area contributed by atoms with E-state index >= 15 is 0 Å². The first-order valence-electron chi connectivity index (χ1n) is 7.79. The second-order valence-corrected chi connectivity index (χ2v) is 7.67. The van der Waals surface area contributed by atoms with Gasteiger partial charge in [0.25, 0.3) is 0 Å². The molecule has 2 aromatic rings. The SMILES string of the molecule is CCCc1nn(C)c2c1nc(C(C)Cl)n2C1CCSCC1. The van der Waals surface area contributed by atoms with Gasteiger partial charge in [0.1, 0.15) is 11.3 Å². The molecule has 2 aromatic heterocycles. The molecule has 1 atom stereocenters. The minimum atomic E-state index is -0.0681. The first-order valence-corrected chi connectivity index (χ1v) is 9.38. The fourth-order valence-electron chi connectivity index (χ4n) is 3.21.